The van der Waals surface area contributed by atoms with E-state index >= 15 is 0 Å². The molecule has 46 valence electrons. The van der Waals surface area contributed by atoms with Crippen LogP contribution in [0, 0.1) is 0 Å². The summed E-state index contributed by atoms with van der Waals surface area (Å²) in [4.78, 5) is 3.84. The van der Waals surface area contributed by atoms with Crippen LogP contribution in [-0.2, 0) is 4.74 Å². The van der Waals surface area contributed by atoms with Crippen molar-refractivity contribution < 1.29 is 9.13 Å². The molecule has 2 nitrogen and oxygen atoms in total. The molecule has 0 spiro atoms. The Morgan fingerprint density at radius 2 is 2.75 bits per heavy atom. The van der Waals surface area contributed by atoms with Gasteiger partial charge in [0.25, 0.3) is 0 Å². The fourth-order valence-corrected chi connectivity index (χ4v) is 0.626. The number of alkyl halides is 1. The standard InChI is InChI=1S/C5H8FNO/c1-4-7-3-5(2-6)8-4/h5H,2-3H2,1H3/i6-1. The third-order valence-electron chi connectivity index (χ3n) is 1.03. The first-order valence-electron chi connectivity index (χ1n) is 2.56. The number of halogens is 1. The van der Waals surface area contributed by atoms with Crippen molar-refractivity contribution in [1.29, 1.82) is 0 Å². The lowest BCUT2D eigenvalue weighted by Crippen LogP contribution is -2.13. The molecule has 0 aromatic carbocycles. The van der Waals surface area contributed by atoms with E-state index in [1.54, 1.807) is 6.92 Å². The van der Waals surface area contributed by atoms with E-state index in [1.165, 1.54) is 0 Å². The maximum absolute atomic E-state index is 11.7. The smallest absolute Gasteiger partial charge is 0.180 e. The Bertz CT molecular complexity index is 113. The summed E-state index contributed by atoms with van der Waals surface area (Å²) in [6, 6.07) is 0. The first kappa shape index (κ1) is 5.54. The number of rotatable bonds is 1. The second kappa shape index (κ2) is 2.11. The SMILES string of the molecule is CC1=NCC(C[18F])O1. The second-order valence-corrected chi connectivity index (χ2v) is 1.75. The van der Waals surface area contributed by atoms with Gasteiger partial charge in [-0.05, 0) is 0 Å². The van der Waals surface area contributed by atoms with Gasteiger partial charge in [0, 0.05) is 6.92 Å². The molecule has 0 aliphatic carbocycles. The molecule has 0 saturated carbocycles. The predicted molar refractivity (Wildman–Crippen MR) is 28.8 cm³/mol. The number of nitrogens with zero attached hydrogens (tertiary/aromatic N) is 1. The van der Waals surface area contributed by atoms with Crippen LogP contribution in [-0.4, -0.2) is 25.2 Å². The fraction of sp³-hybridized carbons (Fsp3) is 0.800. The van der Waals surface area contributed by atoms with Gasteiger partial charge in [0.15, 0.2) is 5.90 Å². The minimum absolute atomic E-state index is 0.296. The van der Waals surface area contributed by atoms with Crippen LogP contribution >= 0.6 is 0 Å². The van der Waals surface area contributed by atoms with Crippen molar-refractivity contribution in [3.05, 3.63) is 0 Å². The minimum Gasteiger partial charge on any atom is -0.473 e. The summed E-state index contributed by atoms with van der Waals surface area (Å²) < 4.78 is 16.6. The molecule has 1 unspecified atom stereocenters. The maximum atomic E-state index is 11.7. The van der Waals surface area contributed by atoms with Gasteiger partial charge in [-0.1, -0.05) is 0 Å². The molecule has 0 aromatic heterocycles. The Morgan fingerprint density at radius 1 is 2.00 bits per heavy atom. The van der Waals surface area contributed by atoms with E-state index in [1.807, 2.05) is 0 Å². The van der Waals surface area contributed by atoms with Crippen molar-refractivity contribution in [1.82, 2.24) is 0 Å². The molecule has 1 aliphatic rings. The van der Waals surface area contributed by atoms with Gasteiger partial charge in [-0.3, -0.25) is 4.99 Å². The van der Waals surface area contributed by atoms with Crippen LogP contribution < -0.4 is 0 Å². The molecule has 0 amide bonds. The van der Waals surface area contributed by atoms with Crippen LogP contribution in [0.5, 0.6) is 0 Å². The largest absolute Gasteiger partial charge is 0.473 e. The summed E-state index contributed by atoms with van der Waals surface area (Å²) in [5.74, 6) is 0.604. The minimum atomic E-state index is -0.430. The molecule has 0 saturated heterocycles. The van der Waals surface area contributed by atoms with Crippen molar-refractivity contribution in [2.24, 2.45) is 4.99 Å². The normalized spacial score (nSPS) is 27.2. The van der Waals surface area contributed by atoms with Crippen LogP contribution in [0.25, 0.3) is 0 Å². The van der Waals surface area contributed by atoms with Crippen molar-refractivity contribution in [2.75, 3.05) is 13.2 Å². The number of hydrogen-bond donors (Lipinski definition) is 0. The molecule has 0 radical (unpaired) electrons. The Kier molecular flexibility index (Phi) is 1.46. The van der Waals surface area contributed by atoms with Gasteiger partial charge < -0.3 is 4.74 Å². The van der Waals surface area contributed by atoms with E-state index in [0.717, 1.165) is 0 Å². The highest BCUT2D eigenvalue weighted by molar-refractivity contribution is 5.74. The Labute approximate surface area is 47.4 Å². The van der Waals surface area contributed by atoms with Crippen LogP contribution in [0.4, 0.5) is 4.39 Å². The van der Waals surface area contributed by atoms with Gasteiger partial charge in [0.05, 0.1) is 6.54 Å². The van der Waals surface area contributed by atoms with Crippen molar-refractivity contribution >= 4 is 5.90 Å². The van der Waals surface area contributed by atoms with Gasteiger partial charge in [-0.2, -0.15) is 0 Å². The molecule has 1 atom stereocenters. The molecular formula is C5H8FNO. The Hall–Kier alpha value is -0.600. The lowest BCUT2D eigenvalue weighted by atomic mass is 10.4. The van der Waals surface area contributed by atoms with Crippen LogP contribution in [0.2, 0.25) is 0 Å². The number of aliphatic imine (C=N–C) groups is 1. The van der Waals surface area contributed by atoms with Crippen LogP contribution in [0.15, 0.2) is 4.99 Å². The molecule has 0 fully saturated rings. The van der Waals surface area contributed by atoms with Crippen LogP contribution in [0.3, 0.4) is 0 Å². The van der Waals surface area contributed by atoms with E-state index < -0.39 is 6.67 Å². The second-order valence-electron chi connectivity index (χ2n) is 1.75. The van der Waals surface area contributed by atoms with Gasteiger partial charge in [-0.15, -0.1) is 0 Å². The summed E-state index contributed by atoms with van der Waals surface area (Å²) in [5, 5.41) is 0. The average molecular weight is 116 g/mol. The third kappa shape index (κ3) is 0.967. The molecule has 1 rings (SSSR count). The fourth-order valence-electron chi connectivity index (χ4n) is 0.626. The number of ether oxygens (including phenoxy) is 1. The molecule has 0 aromatic rings. The van der Waals surface area contributed by atoms with E-state index in [-0.39, 0.29) is 6.10 Å². The molecule has 1 aliphatic heterocycles. The lowest BCUT2D eigenvalue weighted by molar-refractivity contribution is 0.182. The molecule has 3 heteroatoms. The van der Waals surface area contributed by atoms with Crippen molar-refractivity contribution in [3.8, 4) is 0 Å². The Morgan fingerprint density at radius 3 is 3.00 bits per heavy atom. The van der Waals surface area contributed by atoms with Gasteiger partial charge in [0.1, 0.15) is 12.8 Å². The van der Waals surface area contributed by atoms with Gasteiger partial charge in [-0.25, -0.2) is 4.39 Å². The summed E-state index contributed by atoms with van der Waals surface area (Å²) in [5.41, 5.74) is 0. The van der Waals surface area contributed by atoms with Crippen molar-refractivity contribution in [2.45, 2.75) is 13.0 Å². The zero-order chi connectivity index (χ0) is 5.98. The molecular weight excluding hydrogens is 108 g/mol. The highest BCUT2D eigenvalue weighted by atomic mass is 18.2. The Balaban J connectivity index is 2.32. The molecule has 0 N–H and O–H groups in total. The van der Waals surface area contributed by atoms with Crippen molar-refractivity contribution in [3.63, 3.8) is 0 Å². The summed E-state index contributed by atoms with van der Waals surface area (Å²) >= 11 is 0. The van der Waals surface area contributed by atoms with E-state index in [2.05, 4.69) is 4.99 Å². The first-order chi connectivity index (χ1) is 3.83. The van der Waals surface area contributed by atoms with E-state index in [0.29, 0.717) is 12.4 Å². The third-order valence-corrected chi connectivity index (χ3v) is 1.03. The first-order valence-corrected chi connectivity index (χ1v) is 2.56. The zero-order valence-corrected chi connectivity index (χ0v) is 4.72. The van der Waals surface area contributed by atoms with Gasteiger partial charge in [0.2, 0.25) is 0 Å². The monoisotopic (exact) mass is 116 g/mol. The predicted octanol–water partition coefficient (Wildman–Crippen LogP) is 0.773. The maximum Gasteiger partial charge on any atom is 0.180 e. The van der Waals surface area contributed by atoms with E-state index in [9.17, 15) is 4.39 Å². The topological polar surface area (TPSA) is 21.6 Å². The van der Waals surface area contributed by atoms with Crippen LogP contribution in [0.1, 0.15) is 6.92 Å². The lowest BCUT2D eigenvalue weighted by Gasteiger charge is -2.01. The average Bonchev–Trinajstić information content (AvgIpc) is 2.14. The zero-order valence-electron chi connectivity index (χ0n) is 4.72. The highest BCUT2D eigenvalue weighted by Gasteiger charge is 2.14. The summed E-state index contributed by atoms with van der Waals surface area (Å²) in [7, 11) is 0. The molecule has 0 bridgehead atoms. The quantitative estimate of drug-likeness (QED) is 0.496. The number of hydrogen-bond acceptors (Lipinski definition) is 2. The molecule has 8 heavy (non-hydrogen) atoms. The van der Waals surface area contributed by atoms with E-state index in [4.69, 9.17) is 4.74 Å². The molecule has 1 heterocycles. The highest BCUT2D eigenvalue weighted by Crippen LogP contribution is 2.03. The van der Waals surface area contributed by atoms with Gasteiger partial charge >= 0.3 is 0 Å². The summed E-state index contributed by atoms with van der Waals surface area (Å²) in [6.07, 6.45) is -0.296. The summed E-state index contributed by atoms with van der Waals surface area (Å²) in [6.45, 7) is 1.79.